The van der Waals surface area contributed by atoms with Gasteiger partial charge in [0, 0.05) is 13.5 Å². The Morgan fingerprint density at radius 3 is 2.04 bits per heavy atom. The molecule has 1 unspecified atom stereocenters. The number of hydrogen-bond donors (Lipinski definition) is 2. The minimum atomic E-state index is -0.975. The van der Waals surface area contributed by atoms with Gasteiger partial charge in [0.1, 0.15) is 12.6 Å². The standard InChI is InChI=1S/C34H43N3O8/c1-21(2)29(31(33(41)43-6)45-23(5)38)35-28(39)19-37(18-25-16-26-14-10-11-15-27(26)17-25)32(40)30(22(3)4)36-34(42)44-20-24-12-8-7-9-13-24/h7-15,21-22,25,30H,16-20H2,1-6H3,(H,35,39)(H,36,42). The van der Waals surface area contributed by atoms with Gasteiger partial charge in [0.2, 0.25) is 17.6 Å². The van der Waals surface area contributed by atoms with Gasteiger partial charge in [-0.15, -0.1) is 0 Å². The highest BCUT2D eigenvalue weighted by Gasteiger charge is 2.34. The Morgan fingerprint density at radius 2 is 1.51 bits per heavy atom. The molecule has 3 rings (SSSR count). The molecule has 0 bridgehead atoms. The van der Waals surface area contributed by atoms with Crippen LogP contribution in [0.3, 0.4) is 0 Å². The Hall–Kier alpha value is -4.67. The smallest absolute Gasteiger partial charge is 0.408 e. The average Bonchev–Trinajstić information content (AvgIpc) is 3.42. The molecule has 0 fully saturated rings. The molecule has 0 saturated carbocycles. The number of carbonyl (C=O) groups excluding carboxylic acids is 5. The van der Waals surface area contributed by atoms with Crippen LogP contribution in [0.15, 0.2) is 66.1 Å². The van der Waals surface area contributed by atoms with Crippen molar-refractivity contribution in [1.29, 1.82) is 0 Å². The topological polar surface area (TPSA) is 140 Å². The molecule has 0 radical (unpaired) electrons. The second-order valence-electron chi connectivity index (χ2n) is 11.7. The summed E-state index contributed by atoms with van der Waals surface area (Å²) in [5.41, 5.74) is 3.23. The zero-order chi connectivity index (χ0) is 33.1. The van der Waals surface area contributed by atoms with Crippen molar-refractivity contribution < 1.29 is 38.2 Å². The zero-order valence-corrected chi connectivity index (χ0v) is 26.8. The number of amides is 3. The van der Waals surface area contributed by atoms with Crippen LogP contribution in [0, 0.1) is 17.8 Å². The number of carbonyl (C=O) groups is 5. The fraction of sp³-hybridized carbons (Fsp3) is 0.441. The van der Waals surface area contributed by atoms with Crippen molar-refractivity contribution in [3.05, 3.63) is 82.7 Å². The van der Waals surface area contributed by atoms with Crippen LogP contribution >= 0.6 is 0 Å². The highest BCUT2D eigenvalue weighted by Crippen LogP contribution is 2.27. The quantitative estimate of drug-likeness (QED) is 0.149. The molecule has 3 amide bonds. The van der Waals surface area contributed by atoms with Crippen molar-refractivity contribution in [3.63, 3.8) is 0 Å². The van der Waals surface area contributed by atoms with E-state index >= 15 is 0 Å². The maximum Gasteiger partial charge on any atom is 0.408 e. The van der Waals surface area contributed by atoms with Gasteiger partial charge in [0.15, 0.2) is 0 Å². The minimum Gasteiger partial charge on any atom is -0.463 e. The van der Waals surface area contributed by atoms with E-state index in [1.807, 2.05) is 42.5 Å². The van der Waals surface area contributed by atoms with Gasteiger partial charge in [-0.05, 0) is 47.3 Å². The highest BCUT2D eigenvalue weighted by molar-refractivity contribution is 5.93. The van der Waals surface area contributed by atoms with Crippen LogP contribution in [0.1, 0.15) is 51.3 Å². The summed E-state index contributed by atoms with van der Waals surface area (Å²) >= 11 is 0. The Morgan fingerprint density at radius 1 is 0.911 bits per heavy atom. The van der Waals surface area contributed by atoms with Crippen LogP contribution in [-0.2, 0) is 52.8 Å². The van der Waals surface area contributed by atoms with Gasteiger partial charge >= 0.3 is 18.0 Å². The third kappa shape index (κ3) is 10.2. The number of hydrogen-bond acceptors (Lipinski definition) is 8. The largest absolute Gasteiger partial charge is 0.463 e. The number of fused-ring (bicyclic) bond motifs is 1. The second-order valence-corrected chi connectivity index (χ2v) is 11.7. The summed E-state index contributed by atoms with van der Waals surface area (Å²) in [7, 11) is 1.13. The molecule has 0 spiro atoms. The van der Waals surface area contributed by atoms with Crippen molar-refractivity contribution in [2.24, 2.45) is 17.8 Å². The molecule has 1 atom stereocenters. The lowest BCUT2D eigenvalue weighted by atomic mass is 10.0. The number of ether oxygens (including phenoxy) is 3. The van der Waals surface area contributed by atoms with Gasteiger partial charge in [0.05, 0.1) is 19.4 Å². The predicted molar refractivity (Wildman–Crippen MR) is 166 cm³/mol. The van der Waals surface area contributed by atoms with E-state index in [0.717, 1.165) is 32.4 Å². The van der Waals surface area contributed by atoms with Crippen LogP contribution in [-0.4, -0.2) is 61.0 Å². The average molecular weight is 622 g/mol. The molecular weight excluding hydrogens is 578 g/mol. The summed E-state index contributed by atoms with van der Waals surface area (Å²) in [6.07, 6.45) is 0.713. The molecule has 1 aliphatic rings. The van der Waals surface area contributed by atoms with E-state index in [4.69, 9.17) is 14.2 Å². The molecule has 0 aromatic heterocycles. The summed E-state index contributed by atoms with van der Waals surface area (Å²) < 4.78 is 15.2. The van der Waals surface area contributed by atoms with Gasteiger partial charge in [-0.2, -0.15) is 0 Å². The number of rotatable bonds is 13. The Balaban J connectivity index is 1.84. The first-order valence-corrected chi connectivity index (χ1v) is 15.0. The van der Waals surface area contributed by atoms with Crippen LogP contribution in [0.2, 0.25) is 0 Å². The fourth-order valence-corrected chi connectivity index (χ4v) is 5.19. The lowest BCUT2D eigenvalue weighted by molar-refractivity contribution is -0.149. The van der Waals surface area contributed by atoms with Crippen LogP contribution < -0.4 is 10.6 Å². The second kappa shape index (κ2) is 16.4. The molecule has 2 N–H and O–H groups in total. The van der Waals surface area contributed by atoms with Crippen molar-refractivity contribution in [3.8, 4) is 0 Å². The van der Waals surface area contributed by atoms with Gasteiger partial charge in [0.25, 0.3) is 0 Å². The SMILES string of the molecule is COC(=O)C(OC(C)=O)=C(NC(=O)CN(CC1Cc2ccccc2C1)C(=O)C(NC(=O)OCc1ccccc1)C(C)C)C(C)C. The molecule has 45 heavy (non-hydrogen) atoms. The van der Waals surface area contributed by atoms with E-state index in [1.54, 1.807) is 27.7 Å². The van der Waals surface area contributed by atoms with Crippen molar-refractivity contribution in [1.82, 2.24) is 15.5 Å². The maximum absolute atomic E-state index is 14.1. The molecule has 0 heterocycles. The van der Waals surface area contributed by atoms with E-state index < -0.39 is 47.6 Å². The number of alkyl carbamates (subject to hydrolysis) is 1. The van der Waals surface area contributed by atoms with Crippen LogP contribution in [0.25, 0.3) is 0 Å². The zero-order valence-electron chi connectivity index (χ0n) is 26.8. The van der Waals surface area contributed by atoms with Crippen molar-refractivity contribution in [2.75, 3.05) is 20.2 Å². The lowest BCUT2D eigenvalue weighted by Crippen LogP contribution is -2.54. The number of methoxy groups -OCH3 is 1. The van der Waals surface area contributed by atoms with Gasteiger partial charge < -0.3 is 29.7 Å². The Kier molecular flexibility index (Phi) is 12.7. The van der Waals surface area contributed by atoms with Gasteiger partial charge in [-0.25, -0.2) is 9.59 Å². The molecule has 0 aliphatic heterocycles. The van der Waals surface area contributed by atoms with Gasteiger partial charge in [-0.1, -0.05) is 82.3 Å². The lowest BCUT2D eigenvalue weighted by Gasteiger charge is -2.31. The summed E-state index contributed by atoms with van der Waals surface area (Å²) in [6, 6.07) is 16.3. The molecule has 11 nitrogen and oxygen atoms in total. The van der Waals surface area contributed by atoms with E-state index in [0.29, 0.717) is 0 Å². The molecule has 11 heteroatoms. The number of benzene rings is 2. The third-order valence-corrected chi connectivity index (χ3v) is 7.39. The number of allylic oxidation sites excluding steroid dienone is 1. The summed E-state index contributed by atoms with van der Waals surface area (Å²) in [5.74, 6) is -3.89. The van der Waals surface area contributed by atoms with E-state index in [-0.39, 0.29) is 37.2 Å². The first kappa shape index (κ1) is 34.8. The summed E-state index contributed by atoms with van der Waals surface area (Å²) in [4.78, 5) is 65.9. The van der Waals surface area contributed by atoms with E-state index in [9.17, 15) is 24.0 Å². The Labute approximate surface area is 264 Å². The third-order valence-electron chi connectivity index (χ3n) is 7.39. The van der Waals surface area contributed by atoms with E-state index in [2.05, 4.69) is 22.8 Å². The number of nitrogens with one attached hydrogen (secondary N) is 2. The van der Waals surface area contributed by atoms with E-state index in [1.165, 1.54) is 16.0 Å². The number of esters is 2. The van der Waals surface area contributed by atoms with Gasteiger partial charge in [-0.3, -0.25) is 14.4 Å². The normalized spacial score (nSPS) is 13.8. The minimum absolute atomic E-state index is 0.0350. The van der Waals surface area contributed by atoms with Crippen LogP contribution in [0.5, 0.6) is 0 Å². The first-order valence-electron chi connectivity index (χ1n) is 15.0. The molecule has 1 aliphatic carbocycles. The molecular formula is C34H43N3O8. The molecule has 0 saturated heterocycles. The van der Waals surface area contributed by atoms with Crippen molar-refractivity contribution >= 4 is 29.8 Å². The fourth-order valence-electron chi connectivity index (χ4n) is 5.19. The molecule has 2 aromatic carbocycles. The first-order chi connectivity index (χ1) is 21.4. The van der Waals surface area contributed by atoms with Crippen LogP contribution in [0.4, 0.5) is 4.79 Å². The summed E-state index contributed by atoms with van der Waals surface area (Å²) in [5, 5.41) is 5.36. The molecule has 2 aromatic rings. The highest BCUT2D eigenvalue weighted by atomic mass is 16.6. The summed E-state index contributed by atoms with van der Waals surface area (Å²) in [6.45, 7) is 8.05. The molecule has 242 valence electrons. The predicted octanol–water partition coefficient (Wildman–Crippen LogP) is 3.90. The van der Waals surface area contributed by atoms with Crippen molar-refractivity contribution in [2.45, 2.75) is 60.1 Å². The number of nitrogens with zero attached hydrogens (tertiary/aromatic N) is 1. The Bertz CT molecular complexity index is 1380. The maximum atomic E-state index is 14.1. The monoisotopic (exact) mass is 621 g/mol.